The molecule has 1 aromatic carbocycles. The second kappa shape index (κ2) is 4.52. The summed E-state index contributed by atoms with van der Waals surface area (Å²) in [5.41, 5.74) is 2.04. The van der Waals surface area contributed by atoms with E-state index in [0.717, 1.165) is 5.56 Å². The van der Waals surface area contributed by atoms with Crippen LogP contribution >= 0.6 is 0 Å². The normalized spacial score (nSPS) is 13.2. The summed E-state index contributed by atoms with van der Waals surface area (Å²) in [7, 11) is 1.76. The smallest absolute Gasteiger partial charge is 0.262 e. The van der Waals surface area contributed by atoms with Crippen LogP contribution in [-0.2, 0) is 4.79 Å². The summed E-state index contributed by atoms with van der Waals surface area (Å²) in [6.45, 7) is 0.0425. The fourth-order valence-electron chi connectivity index (χ4n) is 1.88. The van der Waals surface area contributed by atoms with E-state index in [0.29, 0.717) is 22.9 Å². The van der Waals surface area contributed by atoms with Crippen molar-refractivity contribution in [2.45, 2.75) is 0 Å². The molecule has 7 nitrogen and oxygen atoms in total. The van der Waals surface area contributed by atoms with Gasteiger partial charge in [0.15, 0.2) is 12.4 Å². The van der Waals surface area contributed by atoms with Gasteiger partial charge in [0, 0.05) is 12.6 Å². The molecule has 1 aromatic heterocycles. The van der Waals surface area contributed by atoms with Crippen molar-refractivity contribution in [2.75, 3.05) is 24.3 Å². The highest BCUT2D eigenvalue weighted by Crippen LogP contribution is 2.33. The number of amides is 1. The molecule has 7 heteroatoms. The Bertz CT molecular complexity index is 644. The van der Waals surface area contributed by atoms with E-state index in [1.54, 1.807) is 19.2 Å². The topological polar surface area (TPSA) is 89.0 Å². The average Bonchev–Trinajstić information content (AvgIpc) is 2.46. The maximum absolute atomic E-state index is 11.3. The van der Waals surface area contributed by atoms with E-state index in [1.807, 2.05) is 6.07 Å². The van der Waals surface area contributed by atoms with Crippen LogP contribution in [0.25, 0.3) is 11.3 Å². The van der Waals surface area contributed by atoms with Crippen LogP contribution in [0.3, 0.4) is 0 Å². The number of carbonyl (C=O) groups is 1. The van der Waals surface area contributed by atoms with Gasteiger partial charge in [-0.2, -0.15) is 0 Å². The SMILES string of the molecule is CNc1ncnnc1-c1ccc2c(c1)NC(=O)CO2. The number of ether oxygens (including phenoxy) is 1. The molecule has 19 heavy (non-hydrogen) atoms. The molecule has 0 bridgehead atoms. The van der Waals surface area contributed by atoms with E-state index in [4.69, 9.17) is 4.74 Å². The molecule has 2 N–H and O–H groups in total. The lowest BCUT2D eigenvalue weighted by atomic mass is 10.1. The number of anilines is 2. The molecule has 0 unspecified atom stereocenters. The summed E-state index contributed by atoms with van der Waals surface area (Å²) >= 11 is 0. The standard InChI is InChI=1S/C12H11N5O2/c1-13-12-11(17-15-6-14-12)7-2-3-9-8(4-7)16-10(18)5-19-9/h2-4,6H,5H2,1H3,(H,16,18)(H,13,14,15). The van der Waals surface area contributed by atoms with E-state index >= 15 is 0 Å². The molecule has 0 fully saturated rings. The number of carbonyl (C=O) groups excluding carboxylic acids is 1. The Labute approximate surface area is 109 Å². The van der Waals surface area contributed by atoms with Gasteiger partial charge in [0.2, 0.25) is 0 Å². The molecule has 0 atom stereocenters. The number of rotatable bonds is 2. The molecule has 1 amide bonds. The first-order chi connectivity index (χ1) is 9.28. The maximum Gasteiger partial charge on any atom is 0.262 e. The summed E-state index contributed by atoms with van der Waals surface area (Å²) in [6.07, 6.45) is 1.37. The van der Waals surface area contributed by atoms with E-state index in [2.05, 4.69) is 25.8 Å². The zero-order valence-electron chi connectivity index (χ0n) is 10.2. The number of aromatic nitrogens is 3. The number of fused-ring (bicyclic) bond motifs is 1. The second-order valence-corrected chi connectivity index (χ2v) is 3.96. The molecule has 1 aliphatic rings. The van der Waals surface area contributed by atoms with Gasteiger partial charge < -0.3 is 15.4 Å². The van der Waals surface area contributed by atoms with Crippen molar-refractivity contribution >= 4 is 17.4 Å². The molecule has 0 aliphatic carbocycles. The Kier molecular flexibility index (Phi) is 2.71. The van der Waals surface area contributed by atoms with Crippen molar-refractivity contribution in [1.82, 2.24) is 15.2 Å². The van der Waals surface area contributed by atoms with Gasteiger partial charge in [-0.3, -0.25) is 4.79 Å². The largest absolute Gasteiger partial charge is 0.482 e. The van der Waals surface area contributed by atoms with Crippen molar-refractivity contribution in [3.8, 4) is 17.0 Å². The van der Waals surface area contributed by atoms with Gasteiger partial charge in [-0.15, -0.1) is 10.2 Å². The molecule has 0 spiro atoms. The van der Waals surface area contributed by atoms with Crippen molar-refractivity contribution < 1.29 is 9.53 Å². The third-order valence-electron chi connectivity index (χ3n) is 2.74. The quantitative estimate of drug-likeness (QED) is 0.831. The molecule has 0 saturated heterocycles. The fraction of sp³-hybridized carbons (Fsp3) is 0.167. The zero-order chi connectivity index (χ0) is 13.2. The predicted molar refractivity (Wildman–Crippen MR) is 68.9 cm³/mol. The minimum absolute atomic E-state index is 0.0425. The van der Waals surface area contributed by atoms with Crippen molar-refractivity contribution in [1.29, 1.82) is 0 Å². The predicted octanol–water partition coefficient (Wildman–Crippen LogP) is 0.911. The summed E-state index contributed by atoms with van der Waals surface area (Å²) < 4.78 is 5.30. The Balaban J connectivity index is 2.06. The first-order valence-corrected chi connectivity index (χ1v) is 5.70. The molecule has 0 radical (unpaired) electrons. The molecule has 2 heterocycles. The summed E-state index contributed by atoms with van der Waals surface area (Å²) in [6, 6.07) is 5.43. The van der Waals surface area contributed by atoms with E-state index in [9.17, 15) is 4.79 Å². The van der Waals surface area contributed by atoms with Crippen molar-refractivity contribution in [3.63, 3.8) is 0 Å². The van der Waals surface area contributed by atoms with Gasteiger partial charge in [-0.05, 0) is 18.2 Å². The lowest BCUT2D eigenvalue weighted by Gasteiger charge is -2.18. The molecular formula is C12H11N5O2. The van der Waals surface area contributed by atoms with E-state index < -0.39 is 0 Å². The number of nitrogens with zero attached hydrogens (tertiary/aromatic N) is 3. The van der Waals surface area contributed by atoms with Crippen molar-refractivity contribution in [2.24, 2.45) is 0 Å². The molecule has 3 rings (SSSR count). The molecule has 2 aromatic rings. The third-order valence-corrected chi connectivity index (χ3v) is 2.74. The molecule has 1 aliphatic heterocycles. The van der Waals surface area contributed by atoms with Crippen LogP contribution < -0.4 is 15.4 Å². The van der Waals surface area contributed by atoms with Gasteiger partial charge in [-0.1, -0.05) is 0 Å². The van der Waals surface area contributed by atoms with Gasteiger partial charge >= 0.3 is 0 Å². The summed E-state index contributed by atoms with van der Waals surface area (Å²) in [5.74, 6) is 1.10. The highest BCUT2D eigenvalue weighted by molar-refractivity contribution is 5.96. The number of hydrogen-bond acceptors (Lipinski definition) is 6. The maximum atomic E-state index is 11.3. The van der Waals surface area contributed by atoms with Crippen LogP contribution in [-0.4, -0.2) is 34.7 Å². The highest BCUT2D eigenvalue weighted by Gasteiger charge is 2.17. The molecular weight excluding hydrogens is 246 g/mol. The Hall–Kier alpha value is -2.70. The number of benzene rings is 1. The monoisotopic (exact) mass is 257 g/mol. The molecule has 0 saturated carbocycles. The van der Waals surface area contributed by atoms with Crippen LogP contribution in [0.4, 0.5) is 11.5 Å². The summed E-state index contributed by atoms with van der Waals surface area (Å²) in [5, 5.41) is 13.5. The minimum Gasteiger partial charge on any atom is -0.482 e. The van der Waals surface area contributed by atoms with Gasteiger partial charge in [0.1, 0.15) is 17.8 Å². The number of hydrogen-bond donors (Lipinski definition) is 2. The van der Waals surface area contributed by atoms with Crippen LogP contribution in [0.2, 0.25) is 0 Å². The Morgan fingerprint density at radius 1 is 1.42 bits per heavy atom. The van der Waals surface area contributed by atoms with Gasteiger partial charge in [0.05, 0.1) is 5.69 Å². The summed E-state index contributed by atoms with van der Waals surface area (Å²) in [4.78, 5) is 15.4. The van der Waals surface area contributed by atoms with Crippen molar-refractivity contribution in [3.05, 3.63) is 24.5 Å². The van der Waals surface area contributed by atoms with E-state index in [-0.39, 0.29) is 12.5 Å². The highest BCUT2D eigenvalue weighted by atomic mass is 16.5. The lowest BCUT2D eigenvalue weighted by molar-refractivity contribution is -0.118. The first-order valence-electron chi connectivity index (χ1n) is 5.70. The van der Waals surface area contributed by atoms with E-state index in [1.165, 1.54) is 6.33 Å². The Morgan fingerprint density at radius 3 is 3.16 bits per heavy atom. The average molecular weight is 257 g/mol. The van der Waals surface area contributed by atoms with Crippen LogP contribution in [0, 0.1) is 0 Å². The fourth-order valence-corrected chi connectivity index (χ4v) is 1.88. The van der Waals surface area contributed by atoms with Gasteiger partial charge in [0.25, 0.3) is 5.91 Å². The van der Waals surface area contributed by atoms with Gasteiger partial charge in [-0.25, -0.2) is 4.98 Å². The molecule has 96 valence electrons. The second-order valence-electron chi connectivity index (χ2n) is 3.96. The van der Waals surface area contributed by atoms with Crippen LogP contribution in [0.1, 0.15) is 0 Å². The first kappa shape index (κ1) is 11.4. The lowest BCUT2D eigenvalue weighted by Crippen LogP contribution is -2.25. The third kappa shape index (κ3) is 2.05. The zero-order valence-corrected chi connectivity index (χ0v) is 10.2. The minimum atomic E-state index is -0.171. The Morgan fingerprint density at radius 2 is 2.32 bits per heavy atom. The van der Waals surface area contributed by atoms with Crippen LogP contribution in [0.15, 0.2) is 24.5 Å². The van der Waals surface area contributed by atoms with Crippen LogP contribution in [0.5, 0.6) is 5.75 Å². The number of nitrogens with one attached hydrogen (secondary N) is 2.